The predicted molar refractivity (Wildman–Crippen MR) is 72.6 cm³/mol. The standard InChI is InChI=1S/C11H13ClN4S/c1-7-3-4-17-8(7)6-16(2)10-5-9(12)14-11(13)15-10/h3-5H,6H2,1-2H3,(H2,13,14,15). The van der Waals surface area contributed by atoms with Gasteiger partial charge in [-0.05, 0) is 23.9 Å². The molecule has 0 aromatic carbocycles. The molecule has 0 aliphatic carbocycles. The number of hydrogen-bond acceptors (Lipinski definition) is 5. The molecule has 0 amide bonds. The number of aryl methyl sites for hydroxylation is 1. The summed E-state index contributed by atoms with van der Waals surface area (Å²) in [6, 6.07) is 3.82. The number of halogens is 1. The van der Waals surface area contributed by atoms with Gasteiger partial charge in [-0.25, -0.2) is 4.98 Å². The van der Waals surface area contributed by atoms with Gasteiger partial charge < -0.3 is 10.6 Å². The first-order valence-electron chi connectivity index (χ1n) is 5.10. The molecule has 17 heavy (non-hydrogen) atoms. The summed E-state index contributed by atoms with van der Waals surface area (Å²) in [5.41, 5.74) is 6.86. The van der Waals surface area contributed by atoms with E-state index in [4.69, 9.17) is 17.3 Å². The number of aromatic nitrogens is 2. The summed E-state index contributed by atoms with van der Waals surface area (Å²) in [6.07, 6.45) is 0. The van der Waals surface area contributed by atoms with Crippen molar-refractivity contribution in [2.45, 2.75) is 13.5 Å². The molecule has 90 valence electrons. The zero-order chi connectivity index (χ0) is 12.4. The Morgan fingerprint density at radius 1 is 1.47 bits per heavy atom. The highest BCUT2D eigenvalue weighted by molar-refractivity contribution is 7.10. The molecule has 0 spiro atoms. The summed E-state index contributed by atoms with van der Waals surface area (Å²) in [7, 11) is 1.96. The van der Waals surface area contributed by atoms with Crippen LogP contribution < -0.4 is 10.6 Å². The second kappa shape index (κ2) is 4.89. The minimum absolute atomic E-state index is 0.197. The van der Waals surface area contributed by atoms with E-state index in [0.717, 1.165) is 12.4 Å². The molecule has 2 heterocycles. The van der Waals surface area contributed by atoms with Crippen molar-refractivity contribution < 1.29 is 0 Å². The molecule has 4 nitrogen and oxygen atoms in total. The summed E-state index contributed by atoms with van der Waals surface area (Å²) in [5, 5.41) is 2.45. The fourth-order valence-electron chi connectivity index (χ4n) is 1.48. The molecule has 2 aromatic heterocycles. The van der Waals surface area contributed by atoms with Gasteiger partial charge in [-0.15, -0.1) is 11.3 Å². The van der Waals surface area contributed by atoms with E-state index in [1.165, 1.54) is 10.4 Å². The van der Waals surface area contributed by atoms with Gasteiger partial charge in [-0.2, -0.15) is 4.98 Å². The Hall–Kier alpha value is -1.33. The average molecular weight is 269 g/mol. The van der Waals surface area contributed by atoms with E-state index in [0.29, 0.717) is 5.15 Å². The van der Waals surface area contributed by atoms with Crippen molar-refractivity contribution in [1.82, 2.24) is 9.97 Å². The maximum absolute atomic E-state index is 5.85. The van der Waals surface area contributed by atoms with Gasteiger partial charge in [-0.1, -0.05) is 11.6 Å². The summed E-state index contributed by atoms with van der Waals surface area (Å²) < 4.78 is 0. The van der Waals surface area contributed by atoms with Gasteiger partial charge in [0.25, 0.3) is 0 Å². The average Bonchev–Trinajstić information content (AvgIpc) is 2.63. The summed E-state index contributed by atoms with van der Waals surface area (Å²) >= 11 is 7.58. The van der Waals surface area contributed by atoms with E-state index >= 15 is 0 Å². The van der Waals surface area contributed by atoms with Crippen LogP contribution in [0.2, 0.25) is 5.15 Å². The topological polar surface area (TPSA) is 55.0 Å². The maximum atomic E-state index is 5.85. The monoisotopic (exact) mass is 268 g/mol. The van der Waals surface area contributed by atoms with E-state index in [9.17, 15) is 0 Å². The molecule has 0 saturated carbocycles. The van der Waals surface area contributed by atoms with Gasteiger partial charge in [0.2, 0.25) is 5.95 Å². The molecule has 0 aliphatic heterocycles. The van der Waals surface area contributed by atoms with Crippen LogP contribution in [-0.4, -0.2) is 17.0 Å². The normalized spacial score (nSPS) is 10.5. The smallest absolute Gasteiger partial charge is 0.223 e. The van der Waals surface area contributed by atoms with E-state index in [1.807, 2.05) is 11.9 Å². The second-order valence-corrected chi connectivity index (χ2v) is 5.18. The fourth-order valence-corrected chi connectivity index (χ4v) is 2.62. The van der Waals surface area contributed by atoms with Crippen LogP contribution in [0.5, 0.6) is 0 Å². The van der Waals surface area contributed by atoms with Crippen LogP contribution in [0.15, 0.2) is 17.5 Å². The molecular weight excluding hydrogens is 256 g/mol. The van der Waals surface area contributed by atoms with Crippen molar-refractivity contribution >= 4 is 34.7 Å². The molecule has 0 atom stereocenters. The Balaban J connectivity index is 2.20. The van der Waals surface area contributed by atoms with Crippen molar-refractivity contribution in [3.63, 3.8) is 0 Å². The number of anilines is 2. The second-order valence-electron chi connectivity index (χ2n) is 3.79. The highest BCUT2D eigenvalue weighted by atomic mass is 35.5. The highest BCUT2D eigenvalue weighted by Gasteiger charge is 2.08. The lowest BCUT2D eigenvalue weighted by molar-refractivity contribution is 0.902. The molecule has 0 aliphatic rings. The molecule has 0 fully saturated rings. The van der Waals surface area contributed by atoms with Crippen molar-refractivity contribution in [3.05, 3.63) is 33.1 Å². The summed E-state index contributed by atoms with van der Waals surface area (Å²) in [5.74, 6) is 0.928. The van der Waals surface area contributed by atoms with Gasteiger partial charge in [0, 0.05) is 18.0 Å². The van der Waals surface area contributed by atoms with Gasteiger partial charge >= 0.3 is 0 Å². The van der Waals surface area contributed by atoms with Gasteiger partial charge in [0.1, 0.15) is 11.0 Å². The number of nitrogen functional groups attached to an aromatic ring is 1. The number of rotatable bonds is 3. The Labute approximate surface area is 109 Å². The third-order valence-corrected chi connectivity index (χ3v) is 3.64. The minimum Gasteiger partial charge on any atom is -0.368 e. The SMILES string of the molecule is Cc1ccsc1CN(C)c1cc(Cl)nc(N)n1. The molecule has 2 rings (SSSR count). The Kier molecular flexibility index (Phi) is 3.49. The Morgan fingerprint density at radius 2 is 2.24 bits per heavy atom. The van der Waals surface area contributed by atoms with E-state index < -0.39 is 0 Å². The Bertz CT molecular complexity index is 506. The van der Waals surface area contributed by atoms with E-state index in [2.05, 4.69) is 28.3 Å². The first kappa shape index (κ1) is 12.1. The molecule has 0 radical (unpaired) electrons. The van der Waals surface area contributed by atoms with Gasteiger partial charge in [0.15, 0.2) is 0 Å². The molecular formula is C11H13ClN4S. The number of nitrogens with two attached hydrogens (primary N) is 1. The van der Waals surface area contributed by atoms with Crippen LogP contribution in [0.1, 0.15) is 10.4 Å². The lowest BCUT2D eigenvalue weighted by Gasteiger charge is -2.18. The third kappa shape index (κ3) is 2.87. The lowest BCUT2D eigenvalue weighted by Crippen LogP contribution is -2.18. The van der Waals surface area contributed by atoms with Crippen LogP contribution >= 0.6 is 22.9 Å². The molecule has 6 heteroatoms. The minimum atomic E-state index is 0.197. The number of nitrogens with zero attached hydrogens (tertiary/aromatic N) is 3. The zero-order valence-electron chi connectivity index (χ0n) is 9.64. The number of hydrogen-bond donors (Lipinski definition) is 1. The summed E-state index contributed by atoms with van der Waals surface area (Å²) in [4.78, 5) is 11.3. The van der Waals surface area contributed by atoms with Crippen molar-refractivity contribution in [2.24, 2.45) is 0 Å². The van der Waals surface area contributed by atoms with Crippen molar-refractivity contribution in [2.75, 3.05) is 17.7 Å². The summed E-state index contributed by atoms with van der Waals surface area (Å²) in [6.45, 7) is 2.89. The molecule has 2 aromatic rings. The predicted octanol–water partition coefficient (Wildman–Crippen LogP) is 2.72. The molecule has 0 saturated heterocycles. The largest absolute Gasteiger partial charge is 0.368 e. The van der Waals surface area contributed by atoms with Crippen LogP contribution in [0.3, 0.4) is 0 Å². The van der Waals surface area contributed by atoms with Crippen molar-refractivity contribution in [1.29, 1.82) is 0 Å². The lowest BCUT2D eigenvalue weighted by atomic mass is 10.3. The Morgan fingerprint density at radius 3 is 2.82 bits per heavy atom. The maximum Gasteiger partial charge on any atom is 0.223 e. The van der Waals surface area contributed by atoms with Crippen LogP contribution in [-0.2, 0) is 6.54 Å². The van der Waals surface area contributed by atoms with Crippen LogP contribution in [0, 0.1) is 6.92 Å². The molecule has 0 unspecified atom stereocenters. The van der Waals surface area contributed by atoms with Crippen LogP contribution in [0.4, 0.5) is 11.8 Å². The first-order valence-corrected chi connectivity index (χ1v) is 6.36. The van der Waals surface area contributed by atoms with Crippen molar-refractivity contribution in [3.8, 4) is 0 Å². The zero-order valence-corrected chi connectivity index (χ0v) is 11.2. The van der Waals surface area contributed by atoms with Crippen LogP contribution in [0.25, 0.3) is 0 Å². The fraction of sp³-hybridized carbons (Fsp3) is 0.273. The first-order chi connectivity index (χ1) is 8.06. The van der Waals surface area contributed by atoms with Gasteiger partial charge in [-0.3, -0.25) is 0 Å². The van der Waals surface area contributed by atoms with E-state index in [1.54, 1.807) is 17.4 Å². The van der Waals surface area contributed by atoms with Gasteiger partial charge in [0.05, 0.1) is 6.54 Å². The number of thiophene rings is 1. The molecule has 0 bridgehead atoms. The third-order valence-electron chi connectivity index (χ3n) is 2.44. The molecule has 2 N–H and O–H groups in total. The quantitative estimate of drug-likeness (QED) is 0.870. The van der Waals surface area contributed by atoms with E-state index in [-0.39, 0.29) is 5.95 Å². The highest BCUT2D eigenvalue weighted by Crippen LogP contribution is 2.21.